The van der Waals surface area contributed by atoms with E-state index in [1.54, 1.807) is 0 Å². The summed E-state index contributed by atoms with van der Waals surface area (Å²) in [4.78, 5) is 13.2. The second-order valence-corrected chi connectivity index (χ2v) is 5.16. The van der Waals surface area contributed by atoms with Crippen LogP contribution in [0.5, 0.6) is 0 Å². The molecular formula is C11H19NO2. The first-order valence-electron chi connectivity index (χ1n) is 5.50. The zero-order chi connectivity index (χ0) is 10.3. The molecule has 0 spiro atoms. The first-order valence-corrected chi connectivity index (χ1v) is 5.50. The number of hydrogen-bond acceptors (Lipinski definition) is 2. The van der Waals surface area contributed by atoms with Gasteiger partial charge in [0.05, 0.1) is 0 Å². The molecule has 3 heteroatoms. The summed E-state index contributed by atoms with van der Waals surface area (Å²) in [5.74, 6) is -0.318. The van der Waals surface area contributed by atoms with Crippen molar-refractivity contribution in [2.75, 3.05) is 6.54 Å². The van der Waals surface area contributed by atoms with Gasteiger partial charge in [0, 0.05) is 18.0 Å². The van der Waals surface area contributed by atoms with Crippen LogP contribution in [0.1, 0.15) is 39.5 Å². The molecule has 1 heterocycles. The van der Waals surface area contributed by atoms with Crippen LogP contribution in [0.3, 0.4) is 0 Å². The van der Waals surface area contributed by atoms with Gasteiger partial charge in [0.2, 0.25) is 0 Å². The highest BCUT2D eigenvalue weighted by Crippen LogP contribution is 2.43. The number of carboxylic acids is 1. The molecule has 2 aliphatic rings. The van der Waals surface area contributed by atoms with E-state index in [2.05, 4.69) is 18.7 Å². The molecule has 14 heavy (non-hydrogen) atoms. The third-order valence-electron chi connectivity index (χ3n) is 3.87. The number of carboxylic acid groups (broad SMARTS) is 1. The van der Waals surface area contributed by atoms with Crippen LogP contribution >= 0.6 is 0 Å². The molecule has 1 aliphatic carbocycles. The fourth-order valence-electron chi connectivity index (χ4n) is 2.77. The van der Waals surface area contributed by atoms with Crippen LogP contribution in [0.25, 0.3) is 0 Å². The van der Waals surface area contributed by atoms with Gasteiger partial charge < -0.3 is 5.11 Å². The number of nitrogens with zero attached hydrogens (tertiary/aromatic N) is 1. The lowest BCUT2D eigenvalue weighted by Gasteiger charge is -2.35. The second kappa shape index (κ2) is 3.23. The molecule has 1 saturated heterocycles. The molecule has 3 nitrogen and oxygen atoms in total. The Morgan fingerprint density at radius 2 is 2.07 bits per heavy atom. The predicted molar refractivity (Wildman–Crippen MR) is 54.2 cm³/mol. The summed E-state index contributed by atoms with van der Waals surface area (Å²) in [7, 11) is 0. The van der Waals surface area contributed by atoms with Crippen LogP contribution in [0, 0.1) is 5.92 Å². The van der Waals surface area contributed by atoms with E-state index in [9.17, 15) is 4.79 Å². The fraction of sp³-hybridized carbons (Fsp3) is 0.909. The van der Waals surface area contributed by atoms with Crippen molar-refractivity contribution in [2.24, 2.45) is 5.92 Å². The second-order valence-electron chi connectivity index (χ2n) is 5.16. The Morgan fingerprint density at radius 1 is 1.43 bits per heavy atom. The number of rotatable bonds is 3. The van der Waals surface area contributed by atoms with E-state index in [-0.39, 0.29) is 5.54 Å². The number of likely N-dealkylation sites (tertiary alicyclic amines) is 1. The monoisotopic (exact) mass is 197 g/mol. The van der Waals surface area contributed by atoms with Crippen LogP contribution < -0.4 is 0 Å². The van der Waals surface area contributed by atoms with Crippen molar-refractivity contribution in [2.45, 2.75) is 51.1 Å². The van der Waals surface area contributed by atoms with Crippen molar-refractivity contribution < 1.29 is 9.90 Å². The summed E-state index contributed by atoms with van der Waals surface area (Å²) in [6, 6.07) is 0.754. The van der Waals surface area contributed by atoms with E-state index in [0.717, 1.165) is 19.0 Å². The summed E-state index contributed by atoms with van der Waals surface area (Å²) in [5.41, 5.74) is 0.0968. The maximum Gasteiger partial charge on any atom is 0.303 e. The Labute approximate surface area is 85.1 Å². The molecular weight excluding hydrogens is 178 g/mol. The van der Waals surface area contributed by atoms with Gasteiger partial charge in [0.1, 0.15) is 0 Å². The molecule has 2 fully saturated rings. The van der Waals surface area contributed by atoms with Gasteiger partial charge >= 0.3 is 5.97 Å². The van der Waals surface area contributed by atoms with Crippen LogP contribution in [0.15, 0.2) is 0 Å². The van der Waals surface area contributed by atoms with Crippen LogP contribution in [0.2, 0.25) is 0 Å². The highest BCUT2D eigenvalue weighted by Gasteiger charge is 2.47. The molecule has 0 bridgehead atoms. The third kappa shape index (κ3) is 1.65. The van der Waals surface area contributed by atoms with E-state index >= 15 is 0 Å². The Balaban J connectivity index is 2.03. The highest BCUT2D eigenvalue weighted by atomic mass is 16.4. The van der Waals surface area contributed by atoms with E-state index in [4.69, 9.17) is 5.11 Å². The summed E-state index contributed by atoms with van der Waals surface area (Å²) >= 11 is 0. The van der Waals surface area contributed by atoms with Crippen molar-refractivity contribution in [1.82, 2.24) is 4.90 Å². The summed E-state index contributed by atoms with van der Waals surface area (Å²) in [5, 5.41) is 8.83. The van der Waals surface area contributed by atoms with Crippen molar-refractivity contribution in [1.29, 1.82) is 0 Å². The van der Waals surface area contributed by atoms with E-state index < -0.39 is 5.97 Å². The van der Waals surface area contributed by atoms with Crippen molar-refractivity contribution in [3.63, 3.8) is 0 Å². The third-order valence-corrected chi connectivity index (χ3v) is 3.87. The highest BCUT2D eigenvalue weighted by molar-refractivity contribution is 5.67. The molecule has 2 rings (SSSR count). The first kappa shape index (κ1) is 9.97. The molecule has 1 saturated carbocycles. The van der Waals surface area contributed by atoms with Gasteiger partial charge in [-0.25, -0.2) is 0 Å². The quantitative estimate of drug-likeness (QED) is 0.749. The molecule has 1 unspecified atom stereocenters. The van der Waals surface area contributed by atoms with Crippen LogP contribution in [-0.2, 0) is 4.79 Å². The van der Waals surface area contributed by atoms with Gasteiger partial charge in [-0.1, -0.05) is 0 Å². The van der Waals surface area contributed by atoms with Gasteiger partial charge in [-0.15, -0.1) is 0 Å². The maximum absolute atomic E-state index is 10.7. The first-order chi connectivity index (χ1) is 6.51. The molecule has 0 aromatic carbocycles. The van der Waals surface area contributed by atoms with Crippen LogP contribution in [0.4, 0.5) is 0 Å². The zero-order valence-corrected chi connectivity index (χ0v) is 8.99. The average Bonchev–Trinajstić information content (AvgIpc) is 2.81. The van der Waals surface area contributed by atoms with E-state index in [1.807, 2.05) is 0 Å². The maximum atomic E-state index is 10.7. The Hall–Kier alpha value is -0.570. The molecule has 1 atom stereocenters. The summed E-state index contributed by atoms with van der Waals surface area (Å²) < 4.78 is 0. The minimum atomic E-state index is -0.652. The lowest BCUT2D eigenvalue weighted by molar-refractivity contribution is -0.138. The standard InChI is InChI=1S/C11H19NO2/c1-11(2)8(7-10(13)14)5-6-12(11)9-3-4-9/h8-9H,3-7H2,1-2H3,(H,13,14). The zero-order valence-electron chi connectivity index (χ0n) is 8.99. The number of aliphatic carboxylic acids is 1. The lowest BCUT2D eigenvalue weighted by Crippen LogP contribution is -2.44. The van der Waals surface area contributed by atoms with Gasteiger partial charge in [-0.2, -0.15) is 0 Å². The fourth-order valence-corrected chi connectivity index (χ4v) is 2.77. The lowest BCUT2D eigenvalue weighted by atomic mass is 9.86. The van der Waals surface area contributed by atoms with Gasteiger partial charge in [0.15, 0.2) is 0 Å². The van der Waals surface area contributed by atoms with Gasteiger partial charge in [-0.05, 0) is 45.6 Å². The van der Waals surface area contributed by atoms with Crippen molar-refractivity contribution >= 4 is 5.97 Å². The number of carbonyl (C=O) groups is 1. The predicted octanol–water partition coefficient (Wildman–Crippen LogP) is 1.72. The topological polar surface area (TPSA) is 40.5 Å². The molecule has 80 valence electrons. The Morgan fingerprint density at radius 3 is 2.57 bits per heavy atom. The summed E-state index contributed by atoms with van der Waals surface area (Å²) in [6.07, 6.45) is 4.00. The largest absolute Gasteiger partial charge is 0.481 e. The van der Waals surface area contributed by atoms with Gasteiger partial charge in [-0.3, -0.25) is 9.69 Å². The Kier molecular flexibility index (Phi) is 2.30. The molecule has 0 radical (unpaired) electrons. The molecule has 0 aromatic rings. The smallest absolute Gasteiger partial charge is 0.303 e. The SMILES string of the molecule is CC1(C)C(CC(=O)O)CCN1C1CC1. The molecule has 1 aliphatic heterocycles. The summed E-state index contributed by atoms with van der Waals surface area (Å²) in [6.45, 7) is 5.49. The van der Waals surface area contributed by atoms with E-state index in [1.165, 1.54) is 12.8 Å². The van der Waals surface area contributed by atoms with Gasteiger partial charge in [0.25, 0.3) is 0 Å². The van der Waals surface area contributed by atoms with Crippen molar-refractivity contribution in [3.8, 4) is 0 Å². The normalized spacial score (nSPS) is 32.0. The van der Waals surface area contributed by atoms with E-state index in [0.29, 0.717) is 12.3 Å². The van der Waals surface area contributed by atoms with Crippen molar-refractivity contribution in [3.05, 3.63) is 0 Å². The Bertz CT molecular complexity index is 246. The molecule has 1 N–H and O–H groups in total. The number of hydrogen-bond donors (Lipinski definition) is 1. The average molecular weight is 197 g/mol. The minimum Gasteiger partial charge on any atom is -0.481 e. The molecule has 0 aromatic heterocycles. The minimum absolute atomic E-state index is 0.0968. The molecule has 0 amide bonds. The van der Waals surface area contributed by atoms with Crippen LogP contribution in [-0.4, -0.2) is 34.1 Å².